The van der Waals surface area contributed by atoms with Crippen molar-refractivity contribution in [2.75, 3.05) is 31.6 Å². The molecule has 1 N–H and O–H groups in total. The van der Waals surface area contributed by atoms with Crippen molar-refractivity contribution >= 4 is 29.4 Å². The standard InChI is InChI=1S/C18H23ClN2O4/c1-4-7-21(14-5-8-20(9-6-14)18(23)24)16-11-13(19)10-15(12(16)2)17(22)25-3/h4,10-11,14H,1,5-9H2,2-3H3,(H,23,24). The number of anilines is 1. The van der Waals surface area contributed by atoms with E-state index in [4.69, 9.17) is 21.4 Å². The topological polar surface area (TPSA) is 70.1 Å². The van der Waals surface area contributed by atoms with E-state index in [0.717, 1.165) is 11.3 Å². The van der Waals surface area contributed by atoms with Gasteiger partial charge in [0.15, 0.2) is 0 Å². The van der Waals surface area contributed by atoms with Gasteiger partial charge in [-0.15, -0.1) is 6.58 Å². The molecule has 1 heterocycles. The lowest BCUT2D eigenvalue weighted by molar-refractivity contribution is 0.0599. The Morgan fingerprint density at radius 3 is 2.60 bits per heavy atom. The molecule has 25 heavy (non-hydrogen) atoms. The molecule has 1 saturated heterocycles. The summed E-state index contributed by atoms with van der Waals surface area (Å²) in [7, 11) is 1.34. The van der Waals surface area contributed by atoms with Crippen LogP contribution in [0.4, 0.5) is 10.5 Å². The first kappa shape index (κ1) is 19.1. The van der Waals surface area contributed by atoms with Gasteiger partial charge in [-0.2, -0.15) is 0 Å². The Bertz CT molecular complexity index is 669. The molecule has 0 radical (unpaired) electrons. The van der Waals surface area contributed by atoms with E-state index in [1.807, 2.05) is 13.0 Å². The molecule has 0 aliphatic carbocycles. The Hall–Kier alpha value is -2.21. The van der Waals surface area contributed by atoms with Crippen LogP contribution >= 0.6 is 11.6 Å². The number of hydrogen-bond acceptors (Lipinski definition) is 4. The van der Waals surface area contributed by atoms with Gasteiger partial charge in [0.2, 0.25) is 0 Å². The maximum absolute atomic E-state index is 12.0. The number of hydrogen-bond donors (Lipinski definition) is 1. The summed E-state index contributed by atoms with van der Waals surface area (Å²) in [5, 5.41) is 9.57. The fourth-order valence-electron chi connectivity index (χ4n) is 3.24. The minimum absolute atomic E-state index is 0.149. The molecule has 2 rings (SSSR count). The average Bonchev–Trinajstić information content (AvgIpc) is 2.61. The first-order valence-corrected chi connectivity index (χ1v) is 8.50. The van der Waals surface area contributed by atoms with Gasteiger partial charge in [0.25, 0.3) is 0 Å². The monoisotopic (exact) mass is 366 g/mol. The smallest absolute Gasteiger partial charge is 0.407 e. The second-order valence-electron chi connectivity index (χ2n) is 6.03. The molecule has 0 spiro atoms. The van der Waals surface area contributed by atoms with Gasteiger partial charge in [-0.05, 0) is 37.5 Å². The predicted octanol–water partition coefficient (Wildman–Crippen LogP) is 3.57. The van der Waals surface area contributed by atoms with Gasteiger partial charge in [0.05, 0.1) is 12.7 Å². The Labute approximate surface area is 152 Å². The van der Waals surface area contributed by atoms with E-state index in [1.54, 1.807) is 12.1 Å². The van der Waals surface area contributed by atoms with Gasteiger partial charge >= 0.3 is 12.1 Å². The lowest BCUT2D eigenvalue weighted by atomic mass is 9.99. The molecule has 0 saturated carbocycles. The zero-order valence-corrected chi connectivity index (χ0v) is 15.3. The summed E-state index contributed by atoms with van der Waals surface area (Å²) < 4.78 is 4.84. The third-order valence-corrected chi connectivity index (χ3v) is 4.78. The van der Waals surface area contributed by atoms with Crippen LogP contribution in [0.3, 0.4) is 0 Å². The number of ether oxygens (including phenoxy) is 1. The lowest BCUT2D eigenvalue weighted by Crippen LogP contribution is -2.47. The number of methoxy groups -OCH3 is 1. The van der Waals surface area contributed by atoms with Gasteiger partial charge in [0, 0.05) is 36.4 Å². The number of benzene rings is 1. The van der Waals surface area contributed by atoms with E-state index in [-0.39, 0.29) is 6.04 Å². The zero-order chi connectivity index (χ0) is 18.6. The number of rotatable bonds is 5. The highest BCUT2D eigenvalue weighted by atomic mass is 35.5. The minimum Gasteiger partial charge on any atom is -0.465 e. The number of carboxylic acid groups (broad SMARTS) is 1. The molecule has 0 atom stereocenters. The number of amides is 1. The van der Waals surface area contributed by atoms with Crippen molar-refractivity contribution in [1.29, 1.82) is 0 Å². The average molecular weight is 367 g/mol. The number of carbonyl (C=O) groups is 2. The Balaban J connectivity index is 2.34. The first-order chi connectivity index (χ1) is 11.9. The first-order valence-electron chi connectivity index (χ1n) is 8.12. The molecule has 136 valence electrons. The molecule has 1 aromatic carbocycles. The maximum atomic E-state index is 12.0. The molecule has 6 nitrogen and oxygen atoms in total. The van der Waals surface area contributed by atoms with E-state index in [0.29, 0.717) is 43.1 Å². The highest BCUT2D eigenvalue weighted by molar-refractivity contribution is 6.31. The SMILES string of the molecule is C=CCN(c1cc(Cl)cc(C(=O)OC)c1C)C1CCN(C(=O)O)CC1. The third-order valence-electron chi connectivity index (χ3n) is 4.56. The summed E-state index contributed by atoms with van der Waals surface area (Å²) in [5.74, 6) is -0.430. The lowest BCUT2D eigenvalue weighted by Gasteiger charge is -2.39. The Kier molecular flexibility index (Phi) is 6.31. The van der Waals surface area contributed by atoms with Gasteiger partial charge in [-0.1, -0.05) is 17.7 Å². The van der Waals surface area contributed by atoms with Crippen molar-refractivity contribution in [1.82, 2.24) is 4.90 Å². The van der Waals surface area contributed by atoms with Crippen molar-refractivity contribution in [3.05, 3.63) is 40.9 Å². The van der Waals surface area contributed by atoms with E-state index in [2.05, 4.69) is 11.5 Å². The van der Waals surface area contributed by atoms with Crippen molar-refractivity contribution < 1.29 is 19.4 Å². The quantitative estimate of drug-likeness (QED) is 0.637. The van der Waals surface area contributed by atoms with E-state index < -0.39 is 12.1 Å². The number of esters is 1. The maximum Gasteiger partial charge on any atom is 0.407 e. The molecule has 0 bridgehead atoms. The van der Waals surface area contributed by atoms with E-state index in [1.165, 1.54) is 12.0 Å². The normalized spacial score (nSPS) is 14.9. The van der Waals surface area contributed by atoms with Crippen LogP contribution in [0, 0.1) is 6.92 Å². The van der Waals surface area contributed by atoms with E-state index in [9.17, 15) is 9.59 Å². The Morgan fingerprint density at radius 1 is 1.44 bits per heavy atom. The third kappa shape index (κ3) is 4.25. The summed E-state index contributed by atoms with van der Waals surface area (Å²) in [4.78, 5) is 26.7. The highest BCUT2D eigenvalue weighted by Crippen LogP contribution is 2.32. The van der Waals surface area contributed by atoms with Crippen LogP contribution in [-0.4, -0.2) is 54.9 Å². The van der Waals surface area contributed by atoms with Crippen LogP contribution < -0.4 is 4.90 Å². The number of carbonyl (C=O) groups excluding carboxylic acids is 1. The molecule has 0 unspecified atom stereocenters. The molecule has 1 aliphatic heterocycles. The fourth-order valence-corrected chi connectivity index (χ4v) is 3.45. The molecule has 1 aliphatic rings. The summed E-state index contributed by atoms with van der Waals surface area (Å²) in [5.41, 5.74) is 2.07. The van der Waals surface area contributed by atoms with Crippen molar-refractivity contribution in [2.24, 2.45) is 0 Å². The van der Waals surface area contributed by atoms with Gasteiger partial charge < -0.3 is 19.6 Å². The summed E-state index contributed by atoms with van der Waals surface area (Å²) in [6.45, 7) is 7.23. The molecular formula is C18H23ClN2O4. The number of piperidine rings is 1. The van der Waals surface area contributed by atoms with Crippen molar-refractivity contribution in [3.63, 3.8) is 0 Å². The summed E-state index contributed by atoms with van der Waals surface area (Å²) in [6.07, 6.45) is 2.32. The van der Waals surface area contributed by atoms with Crippen LogP contribution in [0.2, 0.25) is 5.02 Å². The van der Waals surface area contributed by atoms with Crippen LogP contribution in [0.5, 0.6) is 0 Å². The van der Waals surface area contributed by atoms with Gasteiger partial charge in [-0.25, -0.2) is 9.59 Å². The molecular weight excluding hydrogens is 344 g/mol. The fraction of sp³-hybridized carbons (Fsp3) is 0.444. The van der Waals surface area contributed by atoms with Crippen molar-refractivity contribution in [3.8, 4) is 0 Å². The number of likely N-dealkylation sites (tertiary alicyclic amines) is 1. The molecule has 1 fully saturated rings. The van der Waals surface area contributed by atoms with E-state index >= 15 is 0 Å². The molecule has 1 amide bonds. The van der Waals surface area contributed by atoms with Crippen LogP contribution in [0.15, 0.2) is 24.8 Å². The van der Waals surface area contributed by atoms with Crippen LogP contribution in [0.1, 0.15) is 28.8 Å². The summed E-state index contributed by atoms with van der Waals surface area (Å²) in [6, 6.07) is 3.58. The molecule has 7 heteroatoms. The second kappa shape index (κ2) is 8.25. The van der Waals surface area contributed by atoms with Crippen molar-refractivity contribution in [2.45, 2.75) is 25.8 Å². The zero-order valence-electron chi connectivity index (χ0n) is 14.5. The number of nitrogens with zero attached hydrogens (tertiary/aromatic N) is 2. The largest absolute Gasteiger partial charge is 0.465 e. The summed E-state index contributed by atoms with van der Waals surface area (Å²) >= 11 is 6.22. The van der Waals surface area contributed by atoms with Crippen LogP contribution in [-0.2, 0) is 4.74 Å². The molecule has 1 aromatic rings. The van der Waals surface area contributed by atoms with Crippen LogP contribution in [0.25, 0.3) is 0 Å². The number of halogens is 1. The second-order valence-corrected chi connectivity index (χ2v) is 6.47. The predicted molar refractivity (Wildman–Crippen MR) is 97.7 cm³/mol. The van der Waals surface area contributed by atoms with Gasteiger partial charge in [-0.3, -0.25) is 0 Å². The molecule has 0 aromatic heterocycles. The van der Waals surface area contributed by atoms with Gasteiger partial charge in [0.1, 0.15) is 0 Å². The minimum atomic E-state index is -0.888. The Morgan fingerprint density at radius 2 is 2.08 bits per heavy atom. The highest BCUT2D eigenvalue weighted by Gasteiger charge is 2.28.